The van der Waals surface area contributed by atoms with Crippen LogP contribution >= 0.6 is 0 Å². The molecule has 0 atom stereocenters. The zero-order valence-corrected chi connectivity index (χ0v) is 7.02. The van der Waals surface area contributed by atoms with E-state index in [2.05, 4.69) is 13.2 Å². The molecule has 0 amide bonds. The van der Waals surface area contributed by atoms with E-state index < -0.39 is 9.84 Å². The zero-order valence-electron chi connectivity index (χ0n) is 6.21. The van der Waals surface area contributed by atoms with Crippen LogP contribution in [0, 0.1) is 0 Å². The van der Waals surface area contributed by atoms with Crippen LogP contribution in [-0.4, -0.2) is 19.9 Å². The lowest BCUT2D eigenvalue weighted by Crippen LogP contribution is -2.19. The van der Waals surface area contributed by atoms with E-state index in [1.54, 1.807) is 0 Å². The summed E-state index contributed by atoms with van der Waals surface area (Å²) in [6.07, 6.45) is 0. The Morgan fingerprint density at radius 2 is 1.36 bits per heavy atom. The van der Waals surface area contributed by atoms with Gasteiger partial charge >= 0.3 is 0 Å². The summed E-state index contributed by atoms with van der Waals surface area (Å²) in [6.45, 7) is 6.55. The SMILES string of the molecule is C=C(N)CS(=O)(=O)CC(=C)N. The maximum atomic E-state index is 11.0. The minimum Gasteiger partial charge on any atom is -0.402 e. The van der Waals surface area contributed by atoms with E-state index in [1.165, 1.54) is 0 Å². The molecule has 0 rings (SSSR count). The Hall–Kier alpha value is -0.970. The number of hydrogen-bond donors (Lipinski definition) is 2. The van der Waals surface area contributed by atoms with E-state index in [-0.39, 0.29) is 22.9 Å². The minimum absolute atomic E-state index is 0.117. The van der Waals surface area contributed by atoms with Crippen molar-refractivity contribution in [3.63, 3.8) is 0 Å². The highest BCUT2D eigenvalue weighted by molar-refractivity contribution is 7.91. The van der Waals surface area contributed by atoms with E-state index in [0.29, 0.717) is 0 Å². The van der Waals surface area contributed by atoms with E-state index in [9.17, 15) is 8.42 Å². The molecule has 0 aliphatic carbocycles. The highest BCUT2D eigenvalue weighted by atomic mass is 32.2. The summed E-state index contributed by atoms with van der Waals surface area (Å²) < 4.78 is 21.9. The molecule has 0 heterocycles. The lowest BCUT2D eigenvalue weighted by Gasteiger charge is -2.01. The van der Waals surface area contributed by atoms with Crippen LogP contribution in [0.1, 0.15) is 0 Å². The van der Waals surface area contributed by atoms with Gasteiger partial charge in [-0.15, -0.1) is 0 Å². The molecular formula is C6H12N2O2S. The van der Waals surface area contributed by atoms with Crippen LogP contribution < -0.4 is 11.5 Å². The molecule has 0 spiro atoms. The Bertz CT molecular complexity index is 244. The van der Waals surface area contributed by atoms with Gasteiger partial charge in [0.25, 0.3) is 0 Å². The third-order valence-electron chi connectivity index (χ3n) is 0.811. The van der Waals surface area contributed by atoms with Gasteiger partial charge in [-0.3, -0.25) is 0 Å². The van der Waals surface area contributed by atoms with Crippen molar-refractivity contribution in [2.24, 2.45) is 11.5 Å². The van der Waals surface area contributed by atoms with E-state index in [1.807, 2.05) is 0 Å². The lowest BCUT2D eigenvalue weighted by atomic mass is 10.6. The first-order valence-corrected chi connectivity index (χ1v) is 4.72. The third-order valence-corrected chi connectivity index (χ3v) is 2.43. The molecule has 4 nitrogen and oxygen atoms in total. The topological polar surface area (TPSA) is 86.2 Å². The van der Waals surface area contributed by atoms with Crippen molar-refractivity contribution in [2.75, 3.05) is 11.5 Å². The van der Waals surface area contributed by atoms with Crippen molar-refractivity contribution in [3.8, 4) is 0 Å². The normalized spacial score (nSPS) is 10.9. The monoisotopic (exact) mass is 176 g/mol. The number of hydrogen-bond acceptors (Lipinski definition) is 4. The van der Waals surface area contributed by atoms with E-state index in [4.69, 9.17) is 11.5 Å². The van der Waals surface area contributed by atoms with Crippen molar-refractivity contribution in [1.29, 1.82) is 0 Å². The van der Waals surface area contributed by atoms with Crippen molar-refractivity contribution in [1.82, 2.24) is 0 Å². The molecule has 0 aliphatic rings. The first-order valence-electron chi connectivity index (χ1n) is 2.90. The van der Waals surface area contributed by atoms with Crippen LogP contribution in [0.15, 0.2) is 24.6 Å². The Kier molecular flexibility index (Phi) is 3.13. The van der Waals surface area contributed by atoms with Gasteiger partial charge in [-0.25, -0.2) is 8.42 Å². The van der Waals surface area contributed by atoms with Crippen LogP contribution in [0.4, 0.5) is 0 Å². The molecule has 0 unspecified atom stereocenters. The lowest BCUT2D eigenvalue weighted by molar-refractivity contribution is 0.600. The minimum atomic E-state index is -3.23. The molecule has 0 bridgehead atoms. The van der Waals surface area contributed by atoms with Gasteiger partial charge in [0.05, 0.1) is 11.5 Å². The predicted molar refractivity (Wildman–Crippen MR) is 45.3 cm³/mol. The molecule has 0 radical (unpaired) electrons. The number of rotatable bonds is 4. The number of sulfone groups is 1. The molecule has 5 heteroatoms. The highest BCUT2D eigenvalue weighted by Gasteiger charge is 2.11. The van der Waals surface area contributed by atoms with Gasteiger partial charge in [0.1, 0.15) is 0 Å². The van der Waals surface area contributed by atoms with Crippen molar-refractivity contribution >= 4 is 9.84 Å². The third kappa shape index (κ3) is 5.47. The number of nitrogens with two attached hydrogens (primary N) is 2. The summed E-state index contributed by atoms with van der Waals surface area (Å²) in [4.78, 5) is 0. The fraction of sp³-hybridized carbons (Fsp3) is 0.333. The molecule has 0 aromatic heterocycles. The average molecular weight is 176 g/mol. The Morgan fingerprint density at radius 3 is 1.55 bits per heavy atom. The predicted octanol–water partition coefficient (Wildman–Crippen LogP) is -0.654. The first kappa shape index (κ1) is 10.0. The maximum absolute atomic E-state index is 11.0. The summed E-state index contributed by atoms with van der Waals surface area (Å²) in [5.41, 5.74) is 10.5. The second kappa shape index (κ2) is 3.43. The second-order valence-electron chi connectivity index (χ2n) is 2.35. The van der Waals surface area contributed by atoms with Gasteiger partial charge in [0.15, 0.2) is 9.84 Å². The first-order chi connectivity index (χ1) is 4.83. The quantitative estimate of drug-likeness (QED) is 0.595. The standard InChI is InChI=1S/C6H12N2O2S/c1-5(7)3-11(9,10)4-6(2)8/h1-4,7-8H2. The molecule has 0 aromatic carbocycles. The Labute approximate surface area is 66.5 Å². The molecule has 0 aromatic rings. The summed E-state index contributed by atoms with van der Waals surface area (Å²) in [5.74, 6) is -0.466. The summed E-state index contributed by atoms with van der Waals surface area (Å²) >= 11 is 0. The van der Waals surface area contributed by atoms with Gasteiger partial charge in [0.2, 0.25) is 0 Å². The van der Waals surface area contributed by atoms with Crippen molar-refractivity contribution in [2.45, 2.75) is 0 Å². The van der Waals surface area contributed by atoms with Crippen LogP contribution in [0.25, 0.3) is 0 Å². The second-order valence-corrected chi connectivity index (χ2v) is 4.41. The van der Waals surface area contributed by atoms with Crippen molar-refractivity contribution in [3.05, 3.63) is 24.6 Å². The maximum Gasteiger partial charge on any atom is 0.161 e. The van der Waals surface area contributed by atoms with E-state index >= 15 is 0 Å². The average Bonchev–Trinajstić information content (AvgIpc) is 1.53. The molecule has 11 heavy (non-hydrogen) atoms. The summed E-state index contributed by atoms with van der Waals surface area (Å²) in [5, 5.41) is 0. The van der Waals surface area contributed by atoms with Gasteiger partial charge in [0, 0.05) is 11.4 Å². The van der Waals surface area contributed by atoms with Gasteiger partial charge in [-0.1, -0.05) is 13.2 Å². The smallest absolute Gasteiger partial charge is 0.161 e. The van der Waals surface area contributed by atoms with Gasteiger partial charge < -0.3 is 11.5 Å². The van der Waals surface area contributed by atoms with Gasteiger partial charge in [-0.2, -0.15) is 0 Å². The molecule has 4 N–H and O–H groups in total. The van der Waals surface area contributed by atoms with Crippen LogP contribution in [0.5, 0.6) is 0 Å². The summed E-state index contributed by atoms with van der Waals surface area (Å²) in [7, 11) is -3.23. The molecule has 0 fully saturated rings. The summed E-state index contributed by atoms with van der Waals surface area (Å²) in [6, 6.07) is 0. The Balaban J connectivity index is 4.25. The van der Waals surface area contributed by atoms with E-state index in [0.717, 1.165) is 0 Å². The van der Waals surface area contributed by atoms with Gasteiger partial charge in [-0.05, 0) is 0 Å². The molecule has 0 aliphatic heterocycles. The molecule has 64 valence electrons. The van der Waals surface area contributed by atoms with Crippen LogP contribution in [0.3, 0.4) is 0 Å². The zero-order chi connectivity index (χ0) is 9.07. The van der Waals surface area contributed by atoms with Crippen LogP contribution in [-0.2, 0) is 9.84 Å². The fourth-order valence-corrected chi connectivity index (χ4v) is 1.85. The highest BCUT2D eigenvalue weighted by Crippen LogP contribution is 1.96. The van der Waals surface area contributed by atoms with Crippen molar-refractivity contribution < 1.29 is 8.42 Å². The van der Waals surface area contributed by atoms with Crippen LogP contribution in [0.2, 0.25) is 0 Å². The fourth-order valence-electron chi connectivity index (χ4n) is 0.616. The molecule has 0 saturated carbocycles. The largest absolute Gasteiger partial charge is 0.402 e. The molecule has 0 saturated heterocycles. The molecular weight excluding hydrogens is 164 g/mol. The Morgan fingerprint density at radius 1 is 1.09 bits per heavy atom.